The van der Waals surface area contributed by atoms with Crippen molar-refractivity contribution >= 4 is 17.0 Å². The van der Waals surface area contributed by atoms with Crippen LogP contribution in [0.15, 0.2) is 6.33 Å². The van der Waals surface area contributed by atoms with Crippen LogP contribution in [0, 0.1) is 0 Å². The van der Waals surface area contributed by atoms with Gasteiger partial charge < -0.3 is 20.7 Å². The van der Waals surface area contributed by atoms with E-state index < -0.39 is 24.5 Å². The second kappa shape index (κ2) is 3.16. The fraction of sp³-hybridized carbons (Fsp3) is 0.500. The maximum atomic E-state index is 9.96. The average molecular weight is 249 g/mol. The average Bonchev–Trinajstić information content (AvgIpc) is 2.84. The molecule has 94 valence electrons. The van der Waals surface area contributed by atoms with E-state index in [4.69, 9.17) is 10.5 Å². The van der Waals surface area contributed by atoms with Gasteiger partial charge in [0.15, 0.2) is 23.2 Å². The van der Waals surface area contributed by atoms with Crippen molar-refractivity contribution in [3.63, 3.8) is 0 Å². The quantitative estimate of drug-likeness (QED) is 0.524. The standard InChI is InChI=1S/C10H11N5O3/c11-8-5-9(13-2-12-8)15-4(14-5)1-3-6(16)7(17)10(15)18-3/h2-3,6-7,10,16-17H,1H2,(H2,11,12,13). The number of nitrogen functional groups attached to an aromatic ring is 1. The first kappa shape index (κ1) is 10.2. The third-order valence-corrected chi connectivity index (χ3v) is 3.55. The van der Waals surface area contributed by atoms with E-state index in [9.17, 15) is 10.2 Å². The lowest BCUT2D eigenvalue weighted by Gasteiger charge is -2.23. The number of ether oxygens (including phenoxy) is 1. The van der Waals surface area contributed by atoms with Gasteiger partial charge in [-0.3, -0.25) is 4.57 Å². The molecule has 0 radical (unpaired) electrons. The van der Waals surface area contributed by atoms with Gasteiger partial charge >= 0.3 is 0 Å². The first-order chi connectivity index (χ1) is 8.66. The molecule has 1 saturated heterocycles. The van der Waals surface area contributed by atoms with Gasteiger partial charge in [0.1, 0.15) is 24.4 Å². The van der Waals surface area contributed by atoms with Crippen LogP contribution in [0.5, 0.6) is 0 Å². The third-order valence-electron chi connectivity index (χ3n) is 3.55. The monoisotopic (exact) mass is 249 g/mol. The highest BCUT2D eigenvalue weighted by atomic mass is 16.6. The predicted molar refractivity (Wildman–Crippen MR) is 59.4 cm³/mol. The molecule has 1 fully saturated rings. The topological polar surface area (TPSA) is 119 Å². The summed E-state index contributed by atoms with van der Waals surface area (Å²) in [5.74, 6) is 1.00. The SMILES string of the molecule is Nc1ncnc2c1nc1n2C2OC(C1)C(O)C2O. The van der Waals surface area contributed by atoms with Gasteiger partial charge in [0.05, 0.1) is 6.10 Å². The smallest absolute Gasteiger partial charge is 0.167 e. The number of aliphatic hydroxyl groups is 2. The minimum atomic E-state index is -0.982. The lowest BCUT2D eigenvalue weighted by Crippen LogP contribution is -2.30. The fourth-order valence-electron chi connectivity index (χ4n) is 2.67. The van der Waals surface area contributed by atoms with Crippen LogP contribution in [-0.4, -0.2) is 48.0 Å². The Morgan fingerprint density at radius 1 is 1.33 bits per heavy atom. The lowest BCUT2D eigenvalue weighted by molar-refractivity contribution is -0.0525. The second-order valence-corrected chi connectivity index (χ2v) is 4.58. The van der Waals surface area contributed by atoms with Crippen LogP contribution in [-0.2, 0) is 11.2 Å². The molecular formula is C10H11N5O3. The van der Waals surface area contributed by atoms with E-state index in [1.54, 1.807) is 4.57 Å². The van der Waals surface area contributed by atoms with E-state index >= 15 is 0 Å². The van der Waals surface area contributed by atoms with E-state index in [2.05, 4.69) is 15.0 Å². The number of fused-ring (bicyclic) bond motifs is 6. The molecule has 2 aliphatic heterocycles. The Kier molecular flexibility index (Phi) is 1.79. The number of imidazole rings is 1. The Morgan fingerprint density at radius 2 is 2.17 bits per heavy atom. The molecule has 0 saturated carbocycles. The van der Waals surface area contributed by atoms with Crippen molar-refractivity contribution in [2.75, 3.05) is 5.73 Å². The fourth-order valence-corrected chi connectivity index (χ4v) is 2.67. The van der Waals surface area contributed by atoms with Crippen molar-refractivity contribution in [2.24, 2.45) is 0 Å². The van der Waals surface area contributed by atoms with Gasteiger partial charge in [0.25, 0.3) is 0 Å². The number of hydrogen-bond donors (Lipinski definition) is 3. The molecule has 4 heterocycles. The highest BCUT2D eigenvalue weighted by Gasteiger charge is 2.49. The van der Waals surface area contributed by atoms with E-state index in [1.165, 1.54) is 6.33 Å². The van der Waals surface area contributed by atoms with Crippen LogP contribution in [0.3, 0.4) is 0 Å². The molecule has 4 atom stereocenters. The third kappa shape index (κ3) is 1.07. The van der Waals surface area contributed by atoms with Crippen LogP contribution in [0.4, 0.5) is 5.82 Å². The molecule has 8 heteroatoms. The molecule has 18 heavy (non-hydrogen) atoms. The largest absolute Gasteiger partial charge is 0.388 e. The van der Waals surface area contributed by atoms with Crippen LogP contribution >= 0.6 is 0 Å². The molecule has 2 aromatic heterocycles. The zero-order valence-electron chi connectivity index (χ0n) is 9.26. The van der Waals surface area contributed by atoms with Crippen molar-refractivity contribution in [2.45, 2.75) is 31.0 Å². The minimum absolute atomic E-state index is 0.299. The Balaban J connectivity index is 1.99. The summed E-state index contributed by atoms with van der Waals surface area (Å²) in [5, 5.41) is 19.8. The molecular weight excluding hydrogens is 238 g/mol. The molecule has 4 rings (SSSR count). The van der Waals surface area contributed by atoms with Crippen LogP contribution in [0.25, 0.3) is 11.2 Å². The van der Waals surface area contributed by atoms with Crippen molar-refractivity contribution in [1.82, 2.24) is 19.5 Å². The highest BCUT2D eigenvalue weighted by molar-refractivity contribution is 5.82. The Labute approximate surface area is 101 Å². The molecule has 4 unspecified atom stereocenters. The van der Waals surface area contributed by atoms with E-state index in [0.717, 1.165) is 0 Å². The zero-order valence-corrected chi connectivity index (χ0v) is 9.26. The van der Waals surface area contributed by atoms with Gasteiger partial charge in [0.2, 0.25) is 0 Å². The Bertz CT molecular complexity index is 642. The van der Waals surface area contributed by atoms with Gasteiger partial charge in [-0.1, -0.05) is 0 Å². The van der Waals surface area contributed by atoms with Crippen LogP contribution in [0.2, 0.25) is 0 Å². The summed E-state index contributed by atoms with van der Waals surface area (Å²) in [6, 6.07) is 0. The highest BCUT2D eigenvalue weighted by Crippen LogP contribution is 2.38. The summed E-state index contributed by atoms with van der Waals surface area (Å²) in [6.45, 7) is 0. The maximum absolute atomic E-state index is 9.96. The van der Waals surface area contributed by atoms with E-state index in [-0.39, 0.29) is 0 Å². The lowest BCUT2D eigenvalue weighted by atomic mass is 10.1. The van der Waals surface area contributed by atoms with Gasteiger partial charge in [-0.15, -0.1) is 0 Å². The first-order valence-corrected chi connectivity index (χ1v) is 5.65. The molecule has 0 aliphatic carbocycles. The zero-order chi connectivity index (χ0) is 12.4. The van der Waals surface area contributed by atoms with Crippen LogP contribution < -0.4 is 5.73 Å². The molecule has 2 bridgehead atoms. The summed E-state index contributed by atoms with van der Waals surface area (Å²) in [4.78, 5) is 12.4. The minimum Gasteiger partial charge on any atom is -0.388 e. The van der Waals surface area contributed by atoms with Crippen molar-refractivity contribution in [1.29, 1.82) is 0 Å². The molecule has 0 spiro atoms. The predicted octanol–water partition coefficient (Wildman–Crippen LogP) is -1.42. The molecule has 0 amide bonds. The Morgan fingerprint density at radius 3 is 3.00 bits per heavy atom. The van der Waals surface area contributed by atoms with Gasteiger partial charge in [-0.25, -0.2) is 15.0 Å². The summed E-state index contributed by atoms with van der Waals surface area (Å²) in [5.41, 5.74) is 6.78. The number of rotatable bonds is 0. The number of aliphatic hydroxyl groups excluding tert-OH is 2. The van der Waals surface area contributed by atoms with Gasteiger partial charge in [-0.05, 0) is 0 Å². The second-order valence-electron chi connectivity index (χ2n) is 4.58. The summed E-state index contributed by atoms with van der Waals surface area (Å²) >= 11 is 0. The Hall–Kier alpha value is -1.77. The number of hydrogen-bond acceptors (Lipinski definition) is 7. The number of aromatic nitrogens is 4. The molecule has 2 aromatic rings. The van der Waals surface area contributed by atoms with E-state index in [0.29, 0.717) is 29.2 Å². The van der Waals surface area contributed by atoms with E-state index in [1.807, 2.05) is 0 Å². The number of anilines is 1. The number of nitrogens with two attached hydrogens (primary N) is 1. The molecule has 2 aliphatic rings. The van der Waals surface area contributed by atoms with Crippen molar-refractivity contribution < 1.29 is 14.9 Å². The number of nitrogens with zero attached hydrogens (tertiary/aromatic N) is 4. The molecule has 8 nitrogen and oxygen atoms in total. The summed E-state index contributed by atoms with van der Waals surface area (Å²) < 4.78 is 7.26. The molecule has 4 N–H and O–H groups in total. The van der Waals surface area contributed by atoms with Gasteiger partial charge in [-0.2, -0.15) is 0 Å². The first-order valence-electron chi connectivity index (χ1n) is 5.65. The van der Waals surface area contributed by atoms with Crippen LogP contribution in [0.1, 0.15) is 12.1 Å². The maximum Gasteiger partial charge on any atom is 0.167 e. The van der Waals surface area contributed by atoms with Crippen molar-refractivity contribution in [3.8, 4) is 0 Å². The van der Waals surface area contributed by atoms with Gasteiger partial charge in [0, 0.05) is 6.42 Å². The summed E-state index contributed by atoms with van der Waals surface area (Å²) in [6.07, 6.45) is -1.20. The normalized spacial score (nSPS) is 33.9. The molecule has 0 aromatic carbocycles. The summed E-state index contributed by atoms with van der Waals surface area (Å²) in [7, 11) is 0. The van der Waals surface area contributed by atoms with Crippen molar-refractivity contribution in [3.05, 3.63) is 12.2 Å².